The van der Waals surface area contributed by atoms with Crippen molar-refractivity contribution in [1.82, 2.24) is 4.98 Å². The molecule has 0 fully saturated rings. The lowest BCUT2D eigenvalue weighted by molar-refractivity contribution is 0.0963. The third-order valence-electron chi connectivity index (χ3n) is 1.75. The maximum Gasteiger partial charge on any atom is 0.185 e. The molecule has 0 spiro atoms. The first-order chi connectivity index (χ1) is 6.57. The molecular weight excluding hydrogens is 248 g/mol. The average molecular weight is 259 g/mol. The van der Waals surface area contributed by atoms with Gasteiger partial charge in [0.25, 0.3) is 0 Å². The fourth-order valence-corrected chi connectivity index (χ4v) is 1.55. The lowest BCUT2D eigenvalue weighted by Gasteiger charge is -2.10. The minimum absolute atomic E-state index is 0.193. The summed E-state index contributed by atoms with van der Waals surface area (Å²) in [4.78, 5) is 15.6. The number of methoxy groups -OCH3 is 1. The predicted octanol–water partition coefficient (Wildman–Crippen LogP) is 1.38. The first-order valence-corrected chi connectivity index (χ1v) is 4.85. The number of hydrogen-bond donors (Lipinski definition) is 1. The Morgan fingerprint density at radius 2 is 2.36 bits per heavy atom. The van der Waals surface area contributed by atoms with Gasteiger partial charge in [0, 0.05) is 6.20 Å². The van der Waals surface area contributed by atoms with Crippen LogP contribution in [0.3, 0.4) is 0 Å². The van der Waals surface area contributed by atoms with E-state index in [9.17, 15) is 4.79 Å². The highest BCUT2D eigenvalue weighted by molar-refractivity contribution is 9.10. The van der Waals surface area contributed by atoms with E-state index in [0.717, 1.165) is 0 Å². The molecule has 2 N–H and O–H groups in total. The summed E-state index contributed by atoms with van der Waals surface area (Å²) in [6.07, 6.45) is 1.56. The molecule has 0 radical (unpaired) electrons. The Labute approximate surface area is 90.6 Å². The number of halogens is 1. The molecule has 1 atom stereocenters. The van der Waals surface area contributed by atoms with Gasteiger partial charge in [-0.3, -0.25) is 4.79 Å². The Hall–Kier alpha value is -0.940. The van der Waals surface area contributed by atoms with Crippen molar-refractivity contribution in [3.05, 3.63) is 22.4 Å². The molecule has 0 aliphatic carbocycles. The molecule has 5 heteroatoms. The fraction of sp³-hybridized carbons (Fsp3) is 0.333. The van der Waals surface area contributed by atoms with E-state index in [4.69, 9.17) is 10.5 Å². The highest BCUT2D eigenvalue weighted by Crippen LogP contribution is 2.25. The maximum absolute atomic E-state index is 11.7. The van der Waals surface area contributed by atoms with Crippen LogP contribution in [-0.2, 0) is 0 Å². The zero-order valence-electron chi connectivity index (χ0n) is 7.95. The number of rotatable bonds is 3. The van der Waals surface area contributed by atoms with Crippen LogP contribution in [0, 0.1) is 0 Å². The molecule has 1 unspecified atom stereocenters. The number of pyridine rings is 1. The number of ketones is 1. The van der Waals surface area contributed by atoms with E-state index in [1.54, 1.807) is 19.2 Å². The van der Waals surface area contributed by atoms with Gasteiger partial charge in [-0.05, 0) is 28.9 Å². The van der Waals surface area contributed by atoms with Gasteiger partial charge in [0.15, 0.2) is 5.78 Å². The van der Waals surface area contributed by atoms with Gasteiger partial charge in [0.05, 0.1) is 18.7 Å². The van der Waals surface area contributed by atoms with Crippen molar-refractivity contribution in [3.63, 3.8) is 0 Å². The van der Waals surface area contributed by atoms with Crippen LogP contribution in [0.5, 0.6) is 5.75 Å². The van der Waals surface area contributed by atoms with Gasteiger partial charge in [-0.15, -0.1) is 0 Å². The minimum Gasteiger partial charge on any atom is -0.496 e. The summed E-state index contributed by atoms with van der Waals surface area (Å²) in [5.74, 6) is 0.288. The molecule has 14 heavy (non-hydrogen) atoms. The molecule has 0 saturated carbocycles. The summed E-state index contributed by atoms with van der Waals surface area (Å²) in [6, 6.07) is 1.06. The van der Waals surface area contributed by atoms with Gasteiger partial charge >= 0.3 is 0 Å². The second kappa shape index (κ2) is 4.52. The number of Topliss-reactive ketones (excluding diaryl/α,β-unsaturated/α-hetero) is 1. The lowest BCUT2D eigenvalue weighted by Crippen LogP contribution is -2.27. The van der Waals surface area contributed by atoms with E-state index in [0.29, 0.717) is 15.9 Å². The monoisotopic (exact) mass is 258 g/mol. The van der Waals surface area contributed by atoms with Crippen molar-refractivity contribution < 1.29 is 9.53 Å². The minimum atomic E-state index is -0.565. The van der Waals surface area contributed by atoms with Crippen LogP contribution in [0.25, 0.3) is 0 Å². The van der Waals surface area contributed by atoms with E-state index in [-0.39, 0.29) is 5.78 Å². The molecule has 0 amide bonds. The second-order valence-electron chi connectivity index (χ2n) is 2.83. The number of carbonyl (C=O) groups excluding carboxylic acids is 1. The fourth-order valence-electron chi connectivity index (χ4n) is 1.04. The van der Waals surface area contributed by atoms with Crippen molar-refractivity contribution >= 4 is 21.7 Å². The third-order valence-corrected chi connectivity index (χ3v) is 2.35. The van der Waals surface area contributed by atoms with E-state index in [2.05, 4.69) is 20.9 Å². The highest BCUT2D eigenvalue weighted by Gasteiger charge is 2.19. The molecule has 0 saturated heterocycles. The molecule has 0 bridgehead atoms. The van der Waals surface area contributed by atoms with Gasteiger partial charge in [0.2, 0.25) is 0 Å². The number of ether oxygens (including phenoxy) is 1. The van der Waals surface area contributed by atoms with Crippen LogP contribution < -0.4 is 10.5 Å². The molecule has 1 rings (SSSR count). The first-order valence-electron chi connectivity index (χ1n) is 4.06. The first kappa shape index (κ1) is 11.1. The Morgan fingerprint density at radius 1 is 1.71 bits per heavy atom. The molecule has 0 aliphatic rings. The van der Waals surface area contributed by atoms with Crippen LogP contribution in [-0.4, -0.2) is 23.9 Å². The van der Waals surface area contributed by atoms with Crippen molar-refractivity contribution in [1.29, 1.82) is 0 Å². The summed E-state index contributed by atoms with van der Waals surface area (Å²) < 4.78 is 5.51. The Kier molecular flexibility index (Phi) is 3.60. The van der Waals surface area contributed by atoms with Crippen molar-refractivity contribution in [3.8, 4) is 5.75 Å². The standard InChI is InChI=1S/C9H11BrN2O2/c1-5(11)8(13)7-6(14-2)3-4-12-9(7)10/h3-5H,11H2,1-2H3. The number of hydrogen-bond acceptors (Lipinski definition) is 4. The number of nitrogens with two attached hydrogens (primary N) is 1. The Bertz CT molecular complexity index is 353. The zero-order chi connectivity index (χ0) is 10.7. The Balaban J connectivity index is 3.23. The molecule has 4 nitrogen and oxygen atoms in total. The average Bonchev–Trinajstić information content (AvgIpc) is 2.16. The molecular formula is C9H11BrN2O2. The van der Waals surface area contributed by atoms with Crippen LogP contribution in [0.1, 0.15) is 17.3 Å². The number of carbonyl (C=O) groups is 1. The quantitative estimate of drug-likeness (QED) is 0.658. The van der Waals surface area contributed by atoms with Crippen LogP contribution in [0.15, 0.2) is 16.9 Å². The molecule has 0 aromatic carbocycles. The van der Waals surface area contributed by atoms with Gasteiger partial charge in [-0.25, -0.2) is 4.98 Å². The third kappa shape index (κ3) is 2.10. The molecule has 0 aliphatic heterocycles. The van der Waals surface area contributed by atoms with Gasteiger partial charge in [-0.1, -0.05) is 0 Å². The van der Waals surface area contributed by atoms with Crippen LogP contribution in [0.4, 0.5) is 0 Å². The summed E-state index contributed by atoms with van der Waals surface area (Å²) in [5.41, 5.74) is 5.90. The van der Waals surface area contributed by atoms with E-state index < -0.39 is 6.04 Å². The maximum atomic E-state index is 11.7. The van der Waals surface area contributed by atoms with Crippen LogP contribution in [0.2, 0.25) is 0 Å². The molecule has 1 heterocycles. The zero-order valence-corrected chi connectivity index (χ0v) is 9.54. The van der Waals surface area contributed by atoms with Gasteiger partial charge < -0.3 is 10.5 Å². The normalized spacial score (nSPS) is 12.3. The van der Waals surface area contributed by atoms with E-state index >= 15 is 0 Å². The van der Waals surface area contributed by atoms with Gasteiger partial charge in [0.1, 0.15) is 10.4 Å². The van der Waals surface area contributed by atoms with Crippen molar-refractivity contribution in [2.75, 3.05) is 7.11 Å². The SMILES string of the molecule is COc1ccnc(Br)c1C(=O)C(C)N. The molecule has 76 valence electrons. The number of nitrogens with zero attached hydrogens (tertiary/aromatic N) is 1. The van der Waals surface area contributed by atoms with Crippen molar-refractivity contribution in [2.45, 2.75) is 13.0 Å². The summed E-state index contributed by atoms with van der Waals surface area (Å²) in [7, 11) is 1.50. The topological polar surface area (TPSA) is 65.2 Å². The van der Waals surface area contributed by atoms with Gasteiger partial charge in [-0.2, -0.15) is 0 Å². The predicted molar refractivity (Wildman–Crippen MR) is 56.5 cm³/mol. The number of aromatic nitrogens is 1. The smallest absolute Gasteiger partial charge is 0.185 e. The van der Waals surface area contributed by atoms with E-state index in [1.165, 1.54) is 7.11 Å². The largest absolute Gasteiger partial charge is 0.496 e. The summed E-state index contributed by atoms with van der Waals surface area (Å²) >= 11 is 3.19. The second-order valence-corrected chi connectivity index (χ2v) is 3.58. The van der Waals surface area contributed by atoms with Crippen molar-refractivity contribution in [2.24, 2.45) is 5.73 Å². The lowest BCUT2D eigenvalue weighted by atomic mass is 10.1. The molecule has 1 aromatic heterocycles. The summed E-state index contributed by atoms with van der Waals surface area (Å²) in [6.45, 7) is 1.63. The molecule has 1 aromatic rings. The summed E-state index contributed by atoms with van der Waals surface area (Å²) in [5, 5.41) is 0. The highest BCUT2D eigenvalue weighted by atomic mass is 79.9. The Morgan fingerprint density at radius 3 is 2.86 bits per heavy atom. The van der Waals surface area contributed by atoms with E-state index in [1.807, 2.05) is 0 Å². The van der Waals surface area contributed by atoms with Crippen LogP contribution >= 0.6 is 15.9 Å².